The van der Waals surface area contributed by atoms with E-state index >= 15 is 0 Å². The number of aliphatic imine (C=N–C) groups is 1. The molecule has 0 spiro atoms. The average molecular weight is 531 g/mol. The Hall–Kier alpha value is -1.81. The van der Waals surface area contributed by atoms with Crippen LogP contribution in [0.3, 0.4) is 0 Å². The lowest BCUT2D eigenvalue weighted by Gasteiger charge is -2.18. The molecule has 0 aliphatic rings. The Morgan fingerprint density at radius 1 is 1.00 bits per heavy atom. The lowest BCUT2D eigenvalue weighted by molar-refractivity contribution is 0.368. The Bertz CT molecular complexity index is 750. The number of thioether (sulfide) groups is 1. The molecule has 0 bridgehead atoms. The summed E-state index contributed by atoms with van der Waals surface area (Å²) >= 11 is 1.83. The smallest absolute Gasteiger partial charge is 0.191 e. The highest BCUT2D eigenvalue weighted by atomic mass is 127. The van der Waals surface area contributed by atoms with Gasteiger partial charge in [0.1, 0.15) is 17.2 Å². The summed E-state index contributed by atoms with van der Waals surface area (Å²) in [7, 11) is 6.64. The van der Waals surface area contributed by atoms with Crippen molar-refractivity contribution in [2.75, 3.05) is 34.9 Å². The molecule has 2 rings (SSSR count). The fourth-order valence-electron chi connectivity index (χ4n) is 2.66. The third-order valence-corrected chi connectivity index (χ3v) is 5.22. The third kappa shape index (κ3) is 7.85. The second kappa shape index (κ2) is 13.4. The summed E-state index contributed by atoms with van der Waals surface area (Å²) in [5.74, 6) is 2.81. The Morgan fingerprint density at radius 2 is 1.62 bits per heavy atom. The van der Waals surface area contributed by atoms with Crippen LogP contribution in [0.1, 0.15) is 12.5 Å². The van der Waals surface area contributed by atoms with Crippen LogP contribution in [-0.2, 0) is 6.54 Å². The number of halogens is 1. The van der Waals surface area contributed by atoms with Gasteiger partial charge in [-0.1, -0.05) is 25.1 Å². The molecule has 1 atom stereocenters. The van der Waals surface area contributed by atoms with E-state index in [0.29, 0.717) is 29.0 Å². The molecule has 2 aromatic rings. The van der Waals surface area contributed by atoms with Gasteiger partial charge < -0.3 is 24.8 Å². The number of hydrogen-bond acceptors (Lipinski definition) is 5. The van der Waals surface area contributed by atoms with E-state index in [2.05, 4.69) is 46.8 Å². The maximum atomic E-state index is 5.50. The molecule has 0 heterocycles. The first kappa shape index (κ1) is 25.2. The van der Waals surface area contributed by atoms with E-state index in [1.807, 2.05) is 30.0 Å². The van der Waals surface area contributed by atoms with Crippen LogP contribution in [0.4, 0.5) is 0 Å². The fourth-order valence-corrected chi connectivity index (χ4v) is 3.60. The quantitative estimate of drug-likeness (QED) is 0.219. The largest absolute Gasteiger partial charge is 0.496 e. The summed E-state index contributed by atoms with van der Waals surface area (Å²) in [6, 6.07) is 14.1. The van der Waals surface area contributed by atoms with E-state index in [0.717, 1.165) is 18.1 Å². The van der Waals surface area contributed by atoms with E-state index in [4.69, 9.17) is 14.2 Å². The van der Waals surface area contributed by atoms with Crippen molar-refractivity contribution in [2.24, 2.45) is 4.99 Å². The minimum Gasteiger partial charge on any atom is -0.496 e. The Morgan fingerprint density at radius 3 is 2.14 bits per heavy atom. The molecular weight excluding hydrogens is 501 g/mol. The van der Waals surface area contributed by atoms with E-state index in [9.17, 15) is 0 Å². The number of rotatable bonds is 9. The number of guanidine groups is 1. The zero-order valence-electron chi connectivity index (χ0n) is 17.5. The zero-order chi connectivity index (χ0) is 20.4. The van der Waals surface area contributed by atoms with E-state index in [1.165, 1.54) is 4.90 Å². The molecule has 6 nitrogen and oxygen atoms in total. The molecule has 0 saturated heterocycles. The van der Waals surface area contributed by atoms with E-state index in [-0.39, 0.29) is 24.0 Å². The van der Waals surface area contributed by atoms with Crippen LogP contribution >= 0.6 is 35.7 Å². The van der Waals surface area contributed by atoms with Gasteiger partial charge in [-0.15, -0.1) is 35.7 Å². The van der Waals surface area contributed by atoms with Crippen molar-refractivity contribution in [3.05, 3.63) is 48.0 Å². The van der Waals surface area contributed by atoms with Crippen LogP contribution in [0.5, 0.6) is 17.2 Å². The second-order valence-corrected chi connectivity index (χ2v) is 7.57. The molecule has 0 radical (unpaired) electrons. The summed E-state index contributed by atoms with van der Waals surface area (Å²) in [5.41, 5.74) is 0.903. The summed E-state index contributed by atoms with van der Waals surface area (Å²) in [4.78, 5) is 5.56. The summed E-state index contributed by atoms with van der Waals surface area (Å²) < 4.78 is 16.3. The number of nitrogens with one attached hydrogen (secondary N) is 2. The van der Waals surface area contributed by atoms with Crippen molar-refractivity contribution in [2.45, 2.75) is 23.6 Å². The Labute approximate surface area is 194 Å². The van der Waals surface area contributed by atoms with Gasteiger partial charge in [-0.05, 0) is 12.1 Å². The Kier molecular flexibility index (Phi) is 11.7. The molecule has 0 fully saturated rings. The van der Waals surface area contributed by atoms with Gasteiger partial charge in [0, 0.05) is 35.9 Å². The fraction of sp³-hybridized carbons (Fsp3) is 0.381. The molecule has 160 valence electrons. The molecular formula is C21H30IN3O3S. The van der Waals surface area contributed by atoms with Gasteiger partial charge in [0.15, 0.2) is 5.96 Å². The zero-order valence-corrected chi connectivity index (χ0v) is 20.7. The van der Waals surface area contributed by atoms with Gasteiger partial charge >= 0.3 is 0 Å². The number of methoxy groups -OCH3 is 3. The highest BCUT2D eigenvalue weighted by molar-refractivity contribution is 14.0. The van der Waals surface area contributed by atoms with Crippen molar-refractivity contribution in [3.63, 3.8) is 0 Å². The molecule has 0 aliphatic heterocycles. The van der Waals surface area contributed by atoms with Crippen LogP contribution in [0, 0.1) is 0 Å². The van der Waals surface area contributed by atoms with Crippen LogP contribution < -0.4 is 24.8 Å². The highest BCUT2D eigenvalue weighted by Gasteiger charge is 2.14. The predicted molar refractivity (Wildman–Crippen MR) is 131 cm³/mol. The van der Waals surface area contributed by atoms with Gasteiger partial charge in [-0.2, -0.15) is 0 Å². The predicted octanol–water partition coefficient (Wildman–Crippen LogP) is 4.18. The Balaban J connectivity index is 0.00000420. The van der Waals surface area contributed by atoms with Crippen LogP contribution in [-0.4, -0.2) is 46.1 Å². The SMILES string of the molecule is CN=C(NCc1c(OC)cc(OC)cc1OC)NCC(C)Sc1ccccc1.I. The van der Waals surface area contributed by atoms with Crippen LogP contribution in [0.25, 0.3) is 0 Å². The molecule has 0 aliphatic carbocycles. The average Bonchev–Trinajstić information content (AvgIpc) is 2.74. The van der Waals surface area contributed by atoms with E-state index < -0.39 is 0 Å². The molecule has 8 heteroatoms. The number of ether oxygens (including phenoxy) is 3. The van der Waals surface area contributed by atoms with Crippen LogP contribution in [0.2, 0.25) is 0 Å². The number of hydrogen-bond donors (Lipinski definition) is 2. The van der Waals surface area contributed by atoms with Gasteiger partial charge in [0.2, 0.25) is 0 Å². The summed E-state index contributed by atoms with van der Waals surface area (Å²) in [6.45, 7) is 3.49. The van der Waals surface area contributed by atoms with Crippen molar-refractivity contribution in [3.8, 4) is 17.2 Å². The molecule has 0 saturated carbocycles. The molecule has 29 heavy (non-hydrogen) atoms. The second-order valence-electron chi connectivity index (χ2n) is 6.06. The van der Waals surface area contributed by atoms with Gasteiger partial charge in [-0.25, -0.2) is 0 Å². The van der Waals surface area contributed by atoms with E-state index in [1.54, 1.807) is 28.4 Å². The lowest BCUT2D eigenvalue weighted by atomic mass is 10.1. The highest BCUT2D eigenvalue weighted by Crippen LogP contribution is 2.33. The summed E-state index contributed by atoms with van der Waals surface area (Å²) in [5, 5.41) is 7.08. The maximum Gasteiger partial charge on any atom is 0.191 e. The summed E-state index contributed by atoms with van der Waals surface area (Å²) in [6.07, 6.45) is 0. The first-order chi connectivity index (χ1) is 13.6. The minimum atomic E-state index is 0. The maximum absolute atomic E-state index is 5.50. The van der Waals surface area contributed by atoms with Gasteiger partial charge in [0.25, 0.3) is 0 Å². The lowest BCUT2D eigenvalue weighted by Crippen LogP contribution is -2.39. The number of benzene rings is 2. The third-order valence-electron chi connectivity index (χ3n) is 4.11. The van der Waals surface area contributed by atoms with Crippen molar-refractivity contribution >= 4 is 41.7 Å². The topological polar surface area (TPSA) is 64.1 Å². The first-order valence-electron chi connectivity index (χ1n) is 9.06. The van der Waals surface area contributed by atoms with Crippen molar-refractivity contribution < 1.29 is 14.2 Å². The van der Waals surface area contributed by atoms with Crippen molar-refractivity contribution in [1.29, 1.82) is 0 Å². The molecule has 1 unspecified atom stereocenters. The molecule has 2 aromatic carbocycles. The molecule has 0 aromatic heterocycles. The normalized spacial score (nSPS) is 11.8. The van der Waals surface area contributed by atoms with Crippen LogP contribution in [0.15, 0.2) is 52.4 Å². The molecule has 0 amide bonds. The monoisotopic (exact) mass is 531 g/mol. The van der Waals surface area contributed by atoms with Gasteiger partial charge in [-0.3, -0.25) is 4.99 Å². The number of nitrogens with zero attached hydrogens (tertiary/aromatic N) is 1. The van der Waals surface area contributed by atoms with Crippen molar-refractivity contribution in [1.82, 2.24) is 10.6 Å². The standard InChI is InChI=1S/C21H29N3O3S.HI/c1-15(28-17-9-7-6-8-10-17)13-23-21(22-2)24-14-18-19(26-4)11-16(25-3)12-20(18)27-5;/h6-12,15H,13-14H2,1-5H3,(H2,22,23,24);1H. The first-order valence-corrected chi connectivity index (χ1v) is 9.94. The van der Waals surface area contributed by atoms with Gasteiger partial charge in [0.05, 0.1) is 33.4 Å². The molecule has 2 N–H and O–H groups in total. The minimum absolute atomic E-state index is 0.